The Morgan fingerprint density at radius 1 is 1.33 bits per heavy atom. The average molecular weight is 361 g/mol. The van der Waals surface area contributed by atoms with Crippen molar-refractivity contribution in [3.8, 4) is 0 Å². The zero-order chi connectivity index (χ0) is 12.7. The molecule has 0 aliphatic rings. The molecule has 0 aromatic heterocycles. The molecule has 0 amide bonds. The fraction of sp³-hybridized carbons (Fsp3) is 0.500. The average Bonchev–Trinajstić information content (AvgIpc) is 2.28. The van der Waals surface area contributed by atoms with Gasteiger partial charge < -0.3 is 11.1 Å². The van der Waals surface area contributed by atoms with E-state index >= 15 is 0 Å². The fourth-order valence-electron chi connectivity index (χ4n) is 1.64. The van der Waals surface area contributed by atoms with Gasteiger partial charge in [-0.05, 0) is 31.4 Å². The molecule has 0 saturated carbocycles. The number of nitrogens with one attached hydrogen (secondary N) is 1. The SMILES string of the molecule is CCCCNC(N)=NCc1ccc(C)cc1C.I. The third-order valence-electron chi connectivity index (χ3n) is 2.75. The van der Waals surface area contributed by atoms with E-state index in [0.717, 1.165) is 19.4 Å². The van der Waals surface area contributed by atoms with Gasteiger partial charge in [0.05, 0.1) is 6.54 Å². The number of nitrogens with two attached hydrogens (primary N) is 1. The Balaban J connectivity index is 0.00000289. The summed E-state index contributed by atoms with van der Waals surface area (Å²) in [6.45, 7) is 7.92. The summed E-state index contributed by atoms with van der Waals surface area (Å²) in [6, 6.07) is 6.40. The highest BCUT2D eigenvalue weighted by Gasteiger charge is 1.98. The maximum atomic E-state index is 5.78. The quantitative estimate of drug-likeness (QED) is 0.366. The van der Waals surface area contributed by atoms with Crippen molar-refractivity contribution in [3.05, 3.63) is 34.9 Å². The van der Waals surface area contributed by atoms with Gasteiger partial charge in [-0.15, -0.1) is 24.0 Å². The van der Waals surface area contributed by atoms with Gasteiger partial charge >= 0.3 is 0 Å². The van der Waals surface area contributed by atoms with Crippen LogP contribution in [0.1, 0.15) is 36.5 Å². The van der Waals surface area contributed by atoms with Crippen molar-refractivity contribution < 1.29 is 0 Å². The summed E-state index contributed by atoms with van der Waals surface area (Å²) in [7, 11) is 0. The topological polar surface area (TPSA) is 50.4 Å². The lowest BCUT2D eigenvalue weighted by atomic mass is 10.1. The zero-order valence-electron chi connectivity index (χ0n) is 11.5. The number of nitrogens with zero attached hydrogens (tertiary/aromatic N) is 1. The molecule has 3 N–H and O–H groups in total. The van der Waals surface area contributed by atoms with Crippen molar-refractivity contribution in [2.24, 2.45) is 10.7 Å². The molecule has 4 heteroatoms. The number of guanidine groups is 1. The number of benzene rings is 1. The lowest BCUT2D eigenvalue weighted by molar-refractivity contribution is 0.748. The molecule has 102 valence electrons. The van der Waals surface area contributed by atoms with Crippen molar-refractivity contribution in [3.63, 3.8) is 0 Å². The summed E-state index contributed by atoms with van der Waals surface area (Å²) in [6.07, 6.45) is 2.29. The monoisotopic (exact) mass is 361 g/mol. The first-order valence-corrected chi connectivity index (χ1v) is 6.23. The number of aliphatic imine (C=N–C) groups is 1. The van der Waals surface area contributed by atoms with E-state index in [9.17, 15) is 0 Å². The van der Waals surface area contributed by atoms with E-state index in [2.05, 4.69) is 49.3 Å². The van der Waals surface area contributed by atoms with E-state index in [0.29, 0.717) is 12.5 Å². The molecule has 0 unspecified atom stereocenters. The molecule has 0 spiro atoms. The van der Waals surface area contributed by atoms with Crippen LogP contribution in [0.4, 0.5) is 0 Å². The van der Waals surface area contributed by atoms with Gasteiger partial charge in [-0.3, -0.25) is 0 Å². The first-order valence-electron chi connectivity index (χ1n) is 6.23. The van der Waals surface area contributed by atoms with Crippen LogP contribution in [-0.4, -0.2) is 12.5 Å². The van der Waals surface area contributed by atoms with Crippen LogP contribution < -0.4 is 11.1 Å². The second kappa shape index (κ2) is 9.19. The van der Waals surface area contributed by atoms with E-state index in [1.54, 1.807) is 0 Å². The number of halogens is 1. The van der Waals surface area contributed by atoms with Crippen molar-refractivity contribution >= 4 is 29.9 Å². The van der Waals surface area contributed by atoms with Crippen LogP contribution in [-0.2, 0) is 6.54 Å². The maximum Gasteiger partial charge on any atom is 0.188 e. The van der Waals surface area contributed by atoms with Crippen LogP contribution in [0.2, 0.25) is 0 Å². The van der Waals surface area contributed by atoms with Crippen LogP contribution in [0, 0.1) is 13.8 Å². The van der Waals surface area contributed by atoms with Crippen molar-refractivity contribution in [1.29, 1.82) is 0 Å². The Morgan fingerprint density at radius 2 is 2.06 bits per heavy atom. The Bertz CT molecular complexity index is 389. The number of hydrogen-bond acceptors (Lipinski definition) is 1. The summed E-state index contributed by atoms with van der Waals surface area (Å²) in [5, 5.41) is 3.11. The number of unbranched alkanes of at least 4 members (excludes halogenated alkanes) is 1. The summed E-state index contributed by atoms with van der Waals surface area (Å²) >= 11 is 0. The zero-order valence-corrected chi connectivity index (χ0v) is 13.8. The molecular weight excluding hydrogens is 337 g/mol. The molecule has 0 aliphatic heterocycles. The van der Waals surface area contributed by atoms with Crippen LogP contribution in [0.15, 0.2) is 23.2 Å². The lowest BCUT2D eigenvalue weighted by Crippen LogP contribution is -2.32. The van der Waals surface area contributed by atoms with E-state index in [1.807, 2.05) is 0 Å². The van der Waals surface area contributed by atoms with Crippen molar-refractivity contribution in [2.75, 3.05) is 6.54 Å². The highest BCUT2D eigenvalue weighted by Crippen LogP contribution is 2.11. The number of rotatable bonds is 5. The van der Waals surface area contributed by atoms with Gasteiger partial charge in [0.2, 0.25) is 0 Å². The summed E-state index contributed by atoms with van der Waals surface area (Å²) in [4.78, 5) is 4.34. The molecule has 1 aromatic carbocycles. The first-order chi connectivity index (χ1) is 8.13. The Hall–Kier alpha value is -0.780. The van der Waals surface area contributed by atoms with Crippen molar-refractivity contribution in [2.45, 2.75) is 40.2 Å². The van der Waals surface area contributed by atoms with Gasteiger partial charge in [-0.2, -0.15) is 0 Å². The molecule has 18 heavy (non-hydrogen) atoms. The molecule has 0 saturated heterocycles. The van der Waals surface area contributed by atoms with E-state index < -0.39 is 0 Å². The van der Waals surface area contributed by atoms with Gasteiger partial charge in [0.15, 0.2) is 5.96 Å². The normalized spacial score (nSPS) is 10.9. The van der Waals surface area contributed by atoms with Crippen LogP contribution in [0.5, 0.6) is 0 Å². The second-order valence-electron chi connectivity index (χ2n) is 4.41. The molecule has 1 rings (SSSR count). The van der Waals surface area contributed by atoms with E-state index in [4.69, 9.17) is 5.73 Å². The van der Waals surface area contributed by atoms with Gasteiger partial charge in [0.1, 0.15) is 0 Å². The predicted octanol–water partition coefficient (Wildman–Crippen LogP) is 3.13. The Labute approximate surface area is 127 Å². The third-order valence-corrected chi connectivity index (χ3v) is 2.75. The van der Waals surface area contributed by atoms with E-state index in [1.165, 1.54) is 16.7 Å². The highest BCUT2D eigenvalue weighted by atomic mass is 127. The van der Waals surface area contributed by atoms with Gasteiger partial charge in [-0.1, -0.05) is 37.1 Å². The summed E-state index contributed by atoms with van der Waals surface area (Å²) in [5.74, 6) is 0.540. The van der Waals surface area contributed by atoms with Crippen LogP contribution >= 0.6 is 24.0 Å². The molecular formula is C14H24IN3. The Morgan fingerprint density at radius 3 is 2.67 bits per heavy atom. The van der Waals surface area contributed by atoms with Gasteiger partial charge in [0, 0.05) is 6.54 Å². The minimum Gasteiger partial charge on any atom is -0.370 e. The third kappa shape index (κ3) is 6.23. The molecule has 0 fully saturated rings. The van der Waals surface area contributed by atoms with Gasteiger partial charge in [-0.25, -0.2) is 4.99 Å². The fourth-order valence-corrected chi connectivity index (χ4v) is 1.64. The molecule has 0 bridgehead atoms. The largest absolute Gasteiger partial charge is 0.370 e. The highest BCUT2D eigenvalue weighted by molar-refractivity contribution is 14.0. The van der Waals surface area contributed by atoms with Crippen LogP contribution in [0.25, 0.3) is 0 Å². The van der Waals surface area contributed by atoms with E-state index in [-0.39, 0.29) is 24.0 Å². The molecule has 0 aliphatic carbocycles. The van der Waals surface area contributed by atoms with Crippen molar-refractivity contribution in [1.82, 2.24) is 5.32 Å². The maximum absolute atomic E-state index is 5.78. The molecule has 0 radical (unpaired) electrons. The summed E-state index contributed by atoms with van der Waals surface area (Å²) in [5.41, 5.74) is 9.57. The molecule has 0 atom stereocenters. The number of aryl methyl sites for hydroxylation is 2. The van der Waals surface area contributed by atoms with Gasteiger partial charge in [0.25, 0.3) is 0 Å². The second-order valence-corrected chi connectivity index (χ2v) is 4.41. The summed E-state index contributed by atoms with van der Waals surface area (Å²) < 4.78 is 0. The standard InChI is InChI=1S/C14H23N3.HI/c1-4-5-8-16-14(15)17-10-13-7-6-11(2)9-12(13)3;/h6-7,9H,4-5,8,10H2,1-3H3,(H3,15,16,17);1H. The molecule has 3 nitrogen and oxygen atoms in total. The predicted molar refractivity (Wildman–Crippen MR) is 89.6 cm³/mol. The smallest absolute Gasteiger partial charge is 0.188 e. The molecule has 0 heterocycles. The number of hydrogen-bond donors (Lipinski definition) is 2. The first kappa shape index (κ1) is 17.2. The minimum absolute atomic E-state index is 0. The lowest BCUT2D eigenvalue weighted by Gasteiger charge is -2.06. The Kier molecular flexibility index (Phi) is 8.79. The van der Waals surface area contributed by atoms with Crippen LogP contribution in [0.3, 0.4) is 0 Å². The minimum atomic E-state index is 0. The molecule has 1 aromatic rings.